The normalized spacial score (nSPS) is 26.6. The molecule has 17 unspecified atom stereocenters. The Kier molecular flexibility index (Phi) is 58.3. The Labute approximate surface area is 632 Å². The van der Waals surface area contributed by atoms with Gasteiger partial charge < -0.3 is 89.9 Å². The van der Waals surface area contributed by atoms with Crippen LogP contribution >= 0.6 is 0 Å². The SMILES string of the molecule is CC/C=C\C/C=C\C/C=C\C/C=C\C/C=C\C/C=C\C/C=C\C/C=C\C/C=C\CCCC(=O)NC(COC1OC(CO)C(OC2OC(CO)C(OC3OC(CO)C(O)C(O)C3O)C(O)C2O)C(O)C1O)C(O)/C=C/CC/C=C/CC/C=C/CCCCCCCCCCCCCCCCCCCCCCC. The van der Waals surface area contributed by atoms with Gasteiger partial charge in [-0.15, -0.1) is 0 Å². The summed E-state index contributed by atoms with van der Waals surface area (Å²) in [5.74, 6) is -0.352. The van der Waals surface area contributed by atoms with Crippen LogP contribution in [0.3, 0.4) is 0 Å². The molecule has 0 saturated carbocycles. The average Bonchev–Trinajstić information content (AvgIpc) is 0.781. The number of rotatable bonds is 62. The number of hydrogen-bond acceptors (Lipinski definition) is 18. The first kappa shape index (κ1) is 94.9. The molecule has 1 amide bonds. The minimum atomic E-state index is -2.00. The van der Waals surface area contributed by atoms with Crippen molar-refractivity contribution in [2.75, 3.05) is 26.4 Å². The number of carbonyl (C=O) groups excluding carboxylic acids is 1. The maximum absolute atomic E-state index is 13.4. The molecule has 19 nitrogen and oxygen atoms in total. The molecule has 0 aromatic heterocycles. The Morgan fingerprint density at radius 3 is 1.07 bits per heavy atom. The zero-order chi connectivity index (χ0) is 76.0. The molecular formula is C86H143NO18. The number of amides is 1. The molecule has 17 atom stereocenters. The lowest BCUT2D eigenvalue weighted by atomic mass is 9.96. The molecule has 0 spiro atoms. The number of nitrogens with one attached hydrogen (secondary N) is 1. The molecule has 3 heterocycles. The smallest absolute Gasteiger partial charge is 0.220 e. The minimum absolute atomic E-state index is 0.142. The molecule has 3 aliphatic rings. The minimum Gasteiger partial charge on any atom is -0.394 e. The van der Waals surface area contributed by atoms with Crippen molar-refractivity contribution in [3.63, 3.8) is 0 Å². The van der Waals surface area contributed by atoms with Gasteiger partial charge in [-0.05, 0) is 109 Å². The predicted molar refractivity (Wildman–Crippen MR) is 419 cm³/mol. The van der Waals surface area contributed by atoms with Gasteiger partial charge in [0, 0.05) is 6.42 Å². The van der Waals surface area contributed by atoms with E-state index >= 15 is 0 Å². The quantitative estimate of drug-likeness (QED) is 0.0199. The van der Waals surface area contributed by atoms with Crippen LogP contribution in [-0.4, -0.2) is 193 Å². The third-order valence-electron chi connectivity index (χ3n) is 19.1. The third kappa shape index (κ3) is 44.2. The fraction of sp³-hybridized carbons (Fsp3) is 0.709. The van der Waals surface area contributed by atoms with Crippen LogP contribution in [0.4, 0.5) is 0 Å². The van der Waals surface area contributed by atoms with Crippen LogP contribution in [0.1, 0.15) is 258 Å². The van der Waals surface area contributed by atoms with Crippen molar-refractivity contribution in [1.82, 2.24) is 5.32 Å². The van der Waals surface area contributed by atoms with E-state index in [0.717, 1.165) is 83.5 Å². The van der Waals surface area contributed by atoms with Crippen LogP contribution in [0.5, 0.6) is 0 Å². The van der Waals surface area contributed by atoms with E-state index in [0.29, 0.717) is 19.3 Å². The fourth-order valence-corrected chi connectivity index (χ4v) is 12.6. The maximum atomic E-state index is 13.4. The van der Waals surface area contributed by atoms with E-state index in [-0.39, 0.29) is 12.3 Å². The van der Waals surface area contributed by atoms with E-state index in [1.165, 1.54) is 135 Å². The Balaban J connectivity index is 1.42. The summed E-state index contributed by atoms with van der Waals surface area (Å²) in [6.07, 6.45) is 67.0. The van der Waals surface area contributed by atoms with E-state index in [1.54, 1.807) is 6.08 Å². The first-order valence-corrected chi connectivity index (χ1v) is 40.6. The molecule has 0 bridgehead atoms. The van der Waals surface area contributed by atoms with Gasteiger partial charge in [0.2, 0.25) is 5.91 Å². The molecule has 3 saturated heterocycles. The summed E-state index contributed by atoms with van der Waals surface area (Å²) in [4.78, 5) is 13.4. The topological polar surface area (TPSA) is 307 Å². The first-order chi connectivity index (χ1) is 51.3. The summed E-state index contributed by atoms with van der Waals surface area (Å²) >= 11 is 0. The second-order valence-electron chi connectivity index (χ2n) is 28.1. The fourth-order valence-electron chi connectivity index (χ4n) is 12.6. The second kappa shape index (κ2) is 64.5. The molecular weight excluding hydrogens is 1330 g/mol. The second-order valence-corrected chi connectivity index (χ2v) is 28.1. The molecule has 600 valence electrons. The van der Waals surface area contributed by atoms with Crippen LogP contribution in [0.25, 0.3) is 0 Å². The van der Waals surface area contributed by atoms with Gasteiger partial charge in [0.1, 0.15) is 73.2 Å². The molecule has 0 aliphatic carbocycles. The molecule has 105 heavy (non-hydrogen) atoms. The van der Waals surface area contributed by atoms with E-state index in [1.807, 2.05) is 12.2 Å². The summed E-state index contributed by atoms with van der Waals surface area (Å²) in [5.41, 5.74) is 0. The van der Waals surface area contributed by atoms with Gasteiger partial charge in [-0.1, -0.05) is 288 Å². The number of allylic oxidation sites excluding steroid dienone is 23. The summed E-state index contributed by atoms with van der Waals surface area (Å²) in [6.45, 7) is 1.56. The number of unbranched alkanes of at least 4 members (excludes halogenated alkanes) is 24. The maximum Gasteiger partial charge on any atom is 0.220 e. The van der Waals surface area contributed by atoms with Gasteiger partial charge in [0.25, 0.3) is 0 Å². The summed E-state index contributed by atoms with van der Waals surface area (Å²) in [5, 5.41) is 121. The van der Waals surface area contributed by atoms with Crippen LogP contribution in [-0.2, 0) is 33.2 Å². The van der Waals surface area contributed by atoms with E-state index < -0.39 is 131 Å². The summed E-state index contributed by atoms with van der Waals surface area (Å²) < 4.78 is 34.4. The van der Waals surface area contributed by atoms with Crippen molar-refractivity contribution in [3.05, 3.63) is 146 Å². The van der Waals surface area contributed by atoms with Gasteiger partial charge in [-0.25, -0.2) is 0 Å². The molecule has 0 aromatic rings. The van der Waals surface area contributed by atoms with Gasteiger partial charge in [0.15, 0.2) is 18.9 Å². The largest absolute Gasteiger partial charge is 0.394 e. The Bertz CT molecular complexity index is 2470. The highest BCUT2D eigenvalue weighted by Crippen LogP contribution is 2.33. The number of carbonyl (C=O) groups is 1. The van der Waals surface area contributed by atoms with Crippen LogP contribution in [0, 0.1) is 0 Å². The van der Waals surface area contributed by atoms with E-state index in [4.69, 9.17) is 28.4 Å². The highest BCUT2D eigenvalue weighted by Gasteiger charge is 2.54. The standard InChI is InChI=1S/C86H143NO18/c1-3-5-7-9-11-13-15-17-19-21-23-25-27-29-31-33-34-36-37-39-41-43-45-47-49-51-53-55-57-59-61-63-70(91)69(87-74(92)64-62-60-58-56-54-52-50-48-46-44-42-40-38-35-32-30-28-26-24-22-20-18-16-14-12-10-8-6-4-2)68-100-84-80(98)77(95)82(72(66-89)102-84)105-86-81(99)78(96)83(73(67-90)103-86)104-85-79(97)76(94)75(93)71(65-88)101-85/h6,8,12,14,18,20,24,26,30,32,38,40,44-47,50,52-53,55-56,58,61,63,69-73,75-86,88-91,93-99H,3-5,7,9-11,13,15-17,19,21-23,25,27-29,31,33-37,39,41-43,48-49,51,54,57,59-60,62,64-68H2,1-2H3,(H,87,92)/b8-6-,14-12-,20-18-,26-24-,32-30-,40-38-,46-44-,47-45+,52-50-,55-53+,58-56-,63-61+. The first-order valence-electron chi connectivity index (χ1n) is 40.6. The molecule has 0 aromatic carbocycles. The molecule has 12 N–H and O–H groups in total. The van der Waals surface area contributed by atoms with Crippen molar-refractivity contribution in [1.29, 1.82) is 0 Å². The summed E-state index contributed by atoms with van der Waals surface area (Å²) in [7, 11) is 0. The van der Waals surface area contributed by atoms with Gasteiger partial charge in [-0.3, -0.25) is 4.79 Å². The van der Waals surface area contributed by atoms with Crippen LogP contribution < -0.4 is 5.32 Å². The zero-order valence-corrected chi connectivity index (χ0v) is 64.1. The number of aliphatic hydroxyl groups is 11. The lowest BCUT2D eigenvalue weighted by molar-refractivity contribution is -0.379. The highest BCUT2D eigenvalue weighted by molar-refractivity contribution is 5.76. The summed E-state index contributed by atoms with van der Waals surface area (Å²) in [6, 6.07) is -1.04. The van der Waals surface area contributed by atoms with Crippen molar-refractivity contribution in [2.24, 2.45) is 0 Å². The van der Waals surface area contributed by atoms with Crippen molar-refractivity contribution in [3.8, 4) is 0 Å². The zero-order valence-electron chi connectivity index (χ0n) is 64.1. The lowest BCUT2D eigenvalue weighted by Gasteiger charge is -2.48. The third-order valence-corrected chi connectivity index (χ3v) is 19.1. The van der Waals surface area contributed by atoms with Gasteiger partial charge >= 0.3 is 0 Å². The van der Waals surface area contributed by atoms with Crippen LogP contribution in [0.2, 0.25) is 0 Å². The highest BCUT2D eigenvalue weighted by atomic mass is 16.8. The molecule has 19 heteroatoms. The number of aliphatic hydroxyl groups excluding tert-OH is 11. The lowest BCUT2D eigenvalue weighted by Crippen LogP contribution is -2.66. The van der Waals surface area contributed by atoms with Gasteiger partial charge in [0.05, 0.1) is 38.6 Å². The predicted octanol–water partition coefficient (Wildman–Crippen LogP) is 13.8. The van der Waals surface area contributed by atoms with Crippen molar-refractivity contribution >= 4 is 5.91 Å². The number of hydrogen-bond donors (Lipinski definition) is 12. The van der Waals surface area contributed by atoms with E-state index in [2.05, 4.69) is 147 Å². The van der Waals surface area contributed by atoms with E-state index in [9.17, 15) is 61.0 Å². The Morgan fingerprint density at radius 1 is 0.352 bits per heavy atom. The monoisotopic (exact) mass is 1480 g/mol. The van der Waals surface area contributed by atoms with Crippen molar-refractivity contribution in [2.45, 2.75) is 362 Å². The number of ether oxygens (including phenoxy) is 6. The molecule has 3 fully saturated rings. The van der Waals surface area contributed by atoms with Crippen LogP contribution in [0.15, 0.2) is 146 Å². The Morgan fingerprint density at radius 2 is 0.667 bits per heavy atom. The van der Waals surface area contributed by atoms with Crippen molar-refractivity contribution < 1.29 is 89.4 Å². The molecule has 3 rings (SSSR count). The molecule has 3 aliphatic heterocycles. The Hall–Kier alpha value is -4.33. The average molecular weight is 1480 g/mol. The van der Waals surface area contributed by atoms with Gasteiger partial charge in [-0.2, -0.15) is 0 Å². The molecule has 0 radical (unpaired) electrons.